The van der Waals surface area contributed by atoms with Gasteiger partial charge in [0.1, 0.15) is 5.82 Å². The fourth-order valence-corrected chi connectivity index (χ4v) is 4.04. The van der Waals surface area contributed by atoms with Gasteiger partial charge in [0.05, 0.1) is 4.90 Å². The van der Waals surface area contributed by atoms with E-state index in [0.29, 0.717) is 31.5 Å². The molecule has 7 heteroatoms. The Labute approximate surface area is 124 Å². The lowest BCUT2D eigenvalue weighted by Gasteiger charge is -2.30. The van der Waals surface area contributed by atoms with Crippen LogP contribution in [0.3, 0.4) is 0 Å². The minimum absolute atomic E-state index is 0.0512. The summed E-state index contributed by atoms with van der Waals surface area (Å²) in [5.74, 6) is -0.617. The molecule has 1 aliphatic heterocycles. The minimum Gasteiger partial charge on any atom is -0.359 e. The third-order valence-electron chi connectivity index (χ3n) is 3.84. The molecule has 116 valence electrons. The van der Waals surface area contributed by atoms with Gasteiger partial charge in [-0.1, -0.05) is 0 Å². The Balaban J connectivity index is 2.14. The Morgan fingerprint density at radius 3 is 2.48 bits per heavy atom. The van der Waals surface area contributed by atoms with Crippen LogP contribution in [0, 0.1) is 18.7 Å². The number of rotatable bonds is 3. The Kier molecular flexibility index (Phi) is 4.63. The van der Waals surface area contributed by atoms with Gasteiger partial charge in [0, 0.05) is 26.1 Å². The van der Waals surface area contributed by atoms with E-state index in [1.165, 1.54) is 29.4 Å². The summed E-state index contributed by atoms with van der Waals surface area (Å²) in [7, 11) is -2.05. The molecule has 1 aliphatic rings. The quantitative estimate of drug-likeness (QED) is 0.914. The summed E-state index contributed by atoms with van der Waals surface area (Å²) in [5, 5.41) is 2.59. The first-order chi connectivity index (χ1) is 9.86. The molecule has 0 spiro atoms. The first-order valence-corrected chi connectivity index (χ1v) is 8.28. The van der Waals surface area contributed by atoms with Crippen LogP contribution >= 0.6 is 0 Å². The van der Waals surface area contributed by atoms with E-state index in [-0.39, 0.29) is 16.7 Å². The zero-order valence-electron chi connectivity index (χ0n) is 12.1. The second-order valence-electron chi connectivity index (χ2n) is 5.20. The lowest BCUT2D eigenvalue weighted by Crippen LogP contribution is -2.42. The number of benzene rings is 1. The number of halogens is 1. The predicted octanol–water partition coefficient (Wildman–Crippen LogP) is 1.28. The highest BCUT2D eigenvalue weighted by atomic mass is 32.2. The van der Waals surface area contributed by atoms with Gasteiger partial charge in [-0.15, -0.1) is 0 Å². The van der Waals surface area contributed by atoms with Crippen LogP contribution in [0.5, 0.6) is 0 Å². The largest absolute Gasteiger partial charge is 0.359 e. The fraction of sp³-hybridized carbons (Fsp3) is 0.500. The number of sulfonamides is 1. The van der Waals surface area contributed by atoms with Gasteiger partial charge in [-0.25, -0.2) is 12.8 Å². The van der Waals surface area contributed by atoms with Gasteiger partial charge >= 0.3 is 0 Å². The number of amides is 1. The van der Waals surface area contributed by atoms with Crippen LogP contribution in [0.4, 0.5) is 4.39 Å². The third kappa shape index (κ3) is 3.24. The van der Waals surface area contributed by atoms with E-state index in [1.807, 2.05) is 0 Å². The molecule has 1 aromatic rings. The highest BCUT2D eigenvalue weighted by Crippen LogP contribution is 2.24. The molecule has 0 aromatic heterocycles. The molecule has 2 rings (SSSR count). The van der Waals surface area contributed by atoms with Gasteiger partial charge in [0.25, 0.3) is 0 Å². The van der Waals surface area contributed by atoms with Crippen LogP contribution in [-0.2, 0) is 14.8 Å². The predicted molar refractivity (Wildman–Crippen MR) is 76.7 cm³/mol. The Morgan fingerprint density at radius 2 is 1.95 bits per heavy atom. The summed E-state index contributed by atoms with van der Waals surface area (Å²) in [6.07, 6.45) is 0.998. The topological polar surface area (TPSA) is 66.5 Å². The second-order valence-corrected chi connectivity index (χ2v) is 7.14. The maximum absolute atomic E-state index is 13.3. The average Bonchev–Trinajstić information content (AvgIpc) is 2.49. The van der Waals surface area contributed by atoms with Crippen molar-refractivity contribution in [2.75, 3.05) is 20.1 Å². The minimum atomic E-state index is -3.62. The Hall–Kier alpha value is -1.47. The molecule has 0 saturated carbocycles. The monoisotopic (exact) mass is 314 g/mol. The van der Waals surface area contributed by atoms with Crippen LogP contribution in [0.1, 0.15) is 18.4 Å². The molecule has 0 bridgehead atoms. The van der Waals surface area contributed by atoms with Crippen molar-refractivity contribution in [2.45, 2.75) is 24.7 Å². The highest BCUT2D eigenvalue weighted by molar-refractivity contribution is 7.89. The zero-order chi connectivity index (χ0) is 15.6. The molecule has 0 radical (unpaired) electrons. The van der Waals surface area contributed by atoms with E-state index in [2.05, 4.69) is 5.32 Å². The smallest absolute Gasteiger partial charge is 0.243 e. The standard InChI is InChI=1S/C14H19FN2O3S/c1-10-9-12(3-4-13(10)15)21(19,20)17-7-5-11(6-8-17)14(18)16-2/h3-4,9,11H,5-8H2,1-2H3,(H,16,18). The number of hydrogen-bond acceptors (Lipinski definition) is 3. The van der Waals surface area contributed by atoms with E-state index >= 15 is 0 Å². The van der Waals surface area contributed by atoms with Crippen LogP contribution < -0.4 is 5.32 Å². The summed E-state index contributed by atoms with van der Waals surface area (Å²) in [5.41, 5.74) is 0.302. The number of piperidine rings is 1. The molecule has 1 saturated heterocycles. The molecular weight excluding hydrogens is 295 g/mol. The van der Waals surface area contributed by atoms with Crippen molar-refractivity contribution < 1.29 is 17.6 Å². The number of carbonyl (C=O) groups is 1. The molecule has 0 unspecified atom stereocenters. The van der Waals surface area contributed by atoms with Crippen molar-refractivity contribution in [2.24, 2.45) is 5.92 Å². The van der Waals surface area contributed by atoms with Gasteiger partial charge < -0.3 is 5.32 Å². The van der Waals surface area contributed by atoms with Crippen LogP contribution in [0.25, 0.3) is 0 Å². The van der Waals surface area contributed by atoms with Gasteiger partial charge in [-0.3, -0.25) is 4.79 Å². The Morgan fingerprint density at radius 1 is 1.33 bits per heavy atom. The molecule has 0 aliphatic carbocycles. The maximum atomic E-state index is 13.3. The number of aryl methyl sites for hydroxylation is 1. The number of nitrogens with zero attached hydrogens (tertiary/aromatic N) is 1. The van der Waals surface area contributed by atoms with E-state index in [9.17, 15) is 17.6 Å². The van der Waals surface area contributed by atoms with E-state index in [0.717, 1.165) is 0 Å². The van der Waals surface area contributed by atoms with Gasteiger partial charge in [0.15, 0.2) is 0 Å². The number of nitrogens with one attached hydrogen (secondary N) is 1. The molecule has 1 amide bonds. The molecule has 1 aromatic carbocycles. The number of hydrogen-bond donors (Lipinski definition) is 1. The first-order valence-electron chi connectivity index (χ1n) is 6.84. The first kappa shape index (κ1) is 15.9. The van der Waals surface area contributed by atoms with Gasteiger partial charge in [-0.05, 0) is 43.5 Å². The lowest BCUT2D eigenvalue weighted by atomic mass is 9.97. The second kappa shape index (κ2) is 6.11. The normalized spacial score (nSPS) is 17.7. The summed E-state index contributed by atoms with van der Waals surface area (Å²) in [4.78, 5) is 11.7. The SMILES string of the molecule is CNC(=O)C1CCN(S(=O)(=O)c2ccc(F)c(C)c2)CC1. The van der Waals surface area contributed by atoms with E-state index < -0.39 is 15.8 Å². The van der Waals surface area contributed by atoms with Crippen molar-refractivity contribution in [3.05, 3.63) is 29.6 Å². The Bertz CT molecular complexity index is 638. The van der Waals surface area contributed by atoms with Crippen molar-refractivity contribution in [3.63, 3.8) is 0 Å². The van der Waals surface area contributed by atoms with Crippen molar-refractivity contribution >= 4 is 15.9 Å². The molecule has 21 heavy (non-hydrogen) atoms. The average molecular weight is 314 g/mol. The molecule has 1 heterocycles. The summed E-state index contributed by atoms with van der Waals surface area (Å²) in [6, 6.07) is 3.79. The van der Waals surface area contributed by atoms with Crippen LogP contribution in [-0.4, -0.2) is 38.8 Å². The fourth-order valence-electron chi connectivity index (χ4n) is 2.49. The lowest BCUT2D eigenvalue weighted by molar-refractivity contribution is -0.125. The summed E-state index contributed by atoms with van der Waals surface area (Å²) >= 11 is 0. The highest BCUT2D eigenvalue weighted by Gasteiger charge is 2.31. The molecular formula is C14H19FN2O3S. The van der Waals surface area contributed by atoms with Crippen molar-refractivity contribution in [3.8, 4) is 0 Å². The van der Waals surface area contributed by atoms with Crippen LogP contribution in [0.15, 0.2) is 23.1 Å². The summed E-state index contributed by atoms with van der Waals surface area (Å²) < 4.78 is 39.6. The molecule has 5 nitrogen and oxygen atoms in total. The van der Waals surface area contributed by atoms with Crippen LogP contribution in [0.2, 0.25) is 0 Å². The maximum Gasteiger partial charge on any atom is 0.243 e. The van der Waals surface area contributed by atoms with Crippen molar-refractivity contribution in [1.82, 2.24) is 9.62 Å². The van der Waals surface area contributed by atoms with Gasteiger partial charge in [-0.2, -0.15) is 4.31 Å². The molecule has 1 N–H and O–H groups in total. The van der Waals surface area contributed by atoms with Crippen molar-refractivity contribution in [1.29, 1.82) is 0 Å². The summed E-state index contributed by atoms with van der Waals surface area (Å²) in [6.45, 7) is 2.14. The van der Waals surface area contributed by atoms with E-state index in [4.69, 9.17) is 0 Å². The third-order valence-corrected chi connectivity index (χ3v) is 5.73. The van der Waals surface area contributed by atoms with Gasteiger partial charge in [0.2, 0.25) is 15.9 Å². The number of carbonyl (C=O) groups excluding carboxylic acids is 1. The molecule has 1 fully saturated rings. The molecule has 0 atom stereocenters. The zero-order valence-corrected chi connectivity index (χ0v) is 12.9. The van der Waals surface area contributed by atoms with E-state index in [1.54, 1.807) is 7.05 Å².